The number of nitrogens with zero attached hydrogens (tertiary/aromatic N) is 4. The van der Waals surface area contributed by atoms with Crippen LogP contribution in [0.2, 0.25) is 0 Å². The zero-order valence-electron chi connectivity index (χ0n) is 21.6. The maximum atomic E-state index is 12.7. The second-order valence-corrected chi connectivity index (χ2v) is 11.1. The molecule has 202 valence electrons. The molecule has 3 fully saturated rings. The average molecular weight is 523 g/mol. The number of carbonyl (C=O) groups excluding carboxylic acids is 3. The summed E-state index contributed by atoms with van der Waals surface area (Å²) < 4.78 is 1.40. The van der Waals surface area contributed by atoms with Crippen molar-refractivity contribution in [2.24, 2.45) is 28.7 Å². The first kappa shape index (κ1) is 25.9. The van der Waals surface area contributed by atoms with Crippen molar-refractivity contribution in [2.45, 2.75) is 25.8 Å². The number of hydrogen-bond acceptors (Lipinski definition) is 7. The molecule has 3 atom stereocenters. The molecule has 3 unspecified atom stereocenters. The molecule has 2 aliphatic heterocycles. The van der Waals surface area contributed by atoms with E-state index in [-0.39, 0.29) is 35.0 Å². The lowest BCUT2D eigenvalue weighted by Gasteiger charge is -2.37. The van der Waals surface area contributed by atoms with E-state index in [9.17, 15) is 19.2 Å². The maximum absolute atomic E-state index is 12.7. The molecule has 1 aromatic heterocycles. The Labute approximate surface area is 220 Å². The standard InChI is InChI=1S/C26H34N8O4/c1-25(2,28)22(36)32-9-11-33(12-10-32)23(37)30-19-7-8-34(24(38)31-19)17-5-3-16(4-6-17)13-26-15-29-14-18(26)20(26)21(27)35/h3-8,18,20,29H,9-15,28H2,1-2H3,(H2,27,35)(H,30,31,37,38). The van der Waals surface area contributed by atoms with Crippen LogP contribution in [0.1, 0.15) is 19.4 Å². The highest BCUT2D eigenvalue weighted by Gasteiger charge is 2.68. The second-order valence-electron chi connectivity index (χ2n) is 11.1. The number of piperazine rings is 1. The molecule has 0 radical (unpaired) electrons. The number of anilines is 1. The third-order valence-electron chi connectivity index (χ3n) is 7.97. The van der Waals surface area contributed by atoms with Gasteiger partial charge in [0.25, 0.3) is 0 Å². The third kappa shape index (κ3) is 4.76. The normalized spacial score (nSPS) is 24.6. The topological polar surface area (TPSA) is 169 Å². The van der Waals surface area contributed by atoms with Crippen molar-refractivity contribution in [1.29, 1.82) is 0 Å². The van der Waals surface area contributed by atoms with E-state index in [1.54, 1.807) is 35.9 Å². The number of amides is 4. The van der Waals surface area contributed by atoms with Gasteiger partial charge in [-0.05, 0) is 56.5 Å². The van der Waals surface area contributed by atoms with Crippen molar-refractivity contribution in [1.82, 2.24) is 24.7 Å². The number of hydrogen-bond donors (Lipinski definition) is 4. The summed E-state index contributed by atoms with van der Waals surface area (Å²) in [7, 11) is 0. The number of nitrogens with two attached hydrogens (primary N) is 2. The SMILES string of the molecule is CC(C)(N)C(=O)N1CCN(C(=O)Nc2ccn(-c3ccc(CC45CNCC4C5C(N)=O)cc3)c(=O)n2)CC1. The number of primary amides is 1. The Morgan fingerprint density at radius 1 is 1.11 bits per heavy atom. The smallest absolute Gasteiger partial charge is 0.354 e. The number of carbonyl (C=O) groups is 3. The summed E-state index contributed by atoms with van der Waals surface area (Å²) in [6.45, 7) is 6.41. The molecule has 6 N–H and O–H groups in total. The van der Waals surface area contributed by atoms with E-state index in [0.29, 0.717) is 37.8 Å². The first-order valence-corrected chi connectivity index (χ1v) is 12.8. The van der Waals surface area contributed by atoms with Gasteiger partial charge in [0.05, 0.1) is 11.2 Å². The van der Waals surface area contributed by atoms with Gasteiger partial charge in [-0.25, -0.2) is 9.59 Å². The predicted octanol–water partition coefficient (Wildman–Crippen LogP) is -0.491. The first-order chi connectivity index (χ1) is 18.0. The first-order valence-electron chi connectivity index (χ1n) is 12.8. The molecular formula is C26H34N8O4. The summed E-state index contributed by atoms with van der Waals surface area (Å²) in [5.74, 6) is -0.0238. The average Bonchev–Trinajstić information content (AvgIpc) is 3.31. The van der Waals surface area contributed by atoms with Crippen LogP contribution in [0.4, 0.5) is 10.6 Å². The summed E-state index contributed by atoms with van der Waals surface area (Å²) in [5, 5.41) is 6.02. The Hall–Kier alpha value is -3.77. The lowest BCUT2D eigenvalue weighted by atomic mass is 9.93. The Bertz CT molecular complexity index is 1310. The third-order valence-corrected chi connectivity index (χ3v) is 7.97. The highest BCUT2D eigenvalue weighted by molar-refractivity contribution is 5.89. The number of benzene rings is 1. The van der Waals surface area contributed by atoms with Crippen LogP contribution in [0.15, 0.2) is 41.3 Å². The fraction of sp³-hybridized carbons (Fsp3) is 0.500. The molecular weight excluding hydrogens is 488 g/mol. The van der Waals surface area contributed by atoms with Gasteiger partial charge in [0.1, 0.15) is 5.82 Å². The van der Waals surface area contributed by atoms with Crippen LogP contribution in [0, 0.1) is 17.3 Å². The highest BCUT2D eigenvalue weighted by Crippen LogP contribution is 2.62. The molecule has 1 aromatic carbocycles. The molecule has 1 saturated carbocycles. The monoisotopic (exact) mass is 522 g/mol. The maximum Gasteiger partial charge on any atom is 0.354 e. The molecule has 12 heteroatoms. The second kappa shape index (κ2) is 9.52. The van der Waals surface area contributed by atoms with Crippen LogP contribution < -0.4 is 27.8 Å². The summed E-state index contributed by atoms with van der Waals surface area (Å²) in [6, 6.07) is 8.78. The summed E-state index contributed by atoms with van der Waals surface area (Å²) in [6.07, 6.45) is 2.32. The van der Waals surface area contributed by atoms with Crippen molar-refractivity contribution in [3.63, 3.8) is 0 Å². The van der Waals surface area contributed by atoms with Crippen LogP contribution >= 0.6 is 0 Å². The number of fused-ring (bicyclic) bond motifs is 1. The van der Waals surface area contributed by atoms with Gasteiger partial charge in [-0.2, -0.15) is 4.98 Å². The van der Waals surface area contributed by atoms with Gasteiger partial charge >= 0.3 is 11.7 Å². The minimum atomic E-state index is -0.958. The van der Waals surface area contributed by atoms with Crippen LogP contribution in [-0.4, -0.2) is 82.0 Å². The quantitative estimate of drug-likeness (QED) is 0.397. The van der Waals surface area contributed by atoms with Crippen molar-refractivity contribution in [3.05, 3.63) is 52.6 Å². The Morgan fingerprint density at radius 2 is 1.76 bits per heavy atom. The Kier molecular flexibility index (Phi) is 6.48. The molecule has 2 aromatic rings. The summed E-state index contributed by atoms with van der Waals surface area (Å²) >= 11 is 0. The minimum absolute atomic E-state index is 0.0811. The van der Waals surface area contributed by atoms with E-state index in [1.807, 2.05) is 24.3 Å². The zero-order chi connectivity index (χ0) is 27.2. The van der Waals surface area contributed by atoms with Gasteiger partial charge in [-0.1, -0.05) is 12.1 Å². The lowest BCUT2D eigenvalue weighted by molar-refractivity contribution is -0.137. The number of rotatable bonds is 6. The fourth-order valence-electron chi connectivity index (χ4n) is 5.92. The molecule has 3 aliphatic rings. The van der Waals surface area contributed by atoms with Crippen molar-refractivity contribution in [2.75, 3.05) is 44.6 Å². The molecule has 5 rings (SSSR count). The summed E-state index contributed by atoms with van der Waals surface area (Å²) in [5.41, 5.74) is 11.6. The van der Waals surface area contributed by atoms with Crippen molar-refractivity contribution in [3.8, 4) is 5.69 Å². The van der Waals surface area contributed by atoms with Gasteiger partial charge in [0.2, 0.25) is 11.8 Å². The minimum Gasteiger partial charge on any atom is -0.369 e. The van der Waals surface area contributed by atoms with Crippen LogP contribution in [-0.2, 0) is 16.0 Å². The Morgan fingerprint density at radius 3 is 2.34 bits per heavy atom. The fourth-order valence-corrected chi connectivity index (χ4v) is 5.92. The van der Waals surface area contributed by atoms with Crippen LogP contribution in [0.5, 0.6) is 0 Å². The largest absolute Gasteiger partial charge is 0.369 e. The van der Waals surface area contributed by atoms with Crippen LogP contribution in [0.3, 0.4) is 0 Å². The van der Waals surface area contributed by atoms with Gasteiger partial charge in [-0.15, -0.1) is 0 Å². The molecule has 1 aliphatic carbocycles. The van der Waals surface area contributed by atoms with Crippen molar-refractivity contribution >= 4 is 23.7 Å². The van der Waals surface area contributed by atoms with E-state index in [4.69, 9.17) is 11.5 Å². The predicted molar refractivity (Wildman–Crippen MR) is 140 cm³/mol. The molecule has 0 bridgehead atoms. The van der Waals surface area contributed by atoms with E-state index < -0.39 is 11.2 Å². The number of nitrogens with one attached hydrogen (secondary N) is 2. The van der Waals surface area contributed by atoms with Gasteiger partial charge in [-0.3, -0.25) is 19.5 Å². The summed E-state index contributed by atoms with van der Waals surface area (Å²) in [4.78, 5) is 56.8. The van der Waals surface area contributed by atoms with E-state index in [0.717, 1.165) is 25.1 Å². The Balaban J connectivity index is 1.19. The van der Waals surface area contributed by atoms with Gasteiger partial charge < -0.3 is 26.6 Å². The van der Waals surface area contributed by atoms with Crippen LogP contribution in [0.25, 0.3) is 5.69 Å². The van der Waals surface area contributed by atoms with E-state index >= 15 is 0 Å². The zero-order valence-corrected chi connectivity index (χ0v) is 21.6. The molecule has 38 heavy (non-hydrogen) atoms. The van der Waals surface area contributed by atoms with E-state index in [2.05, 4.69) is 15.6 Å². The molecule has 4 amide bonds. The molecule has 0 spiro atoms. The van der Waals surface area contributed by atoms with Gasteiger partial charge in [0, 0.05) is 50.3 Å². The number of piperidine rings is 1. The van der Waals surface area contributed by atoms with Gasteiger partial charge in [0.15, 0.2) is 0 Å². The lowest BCUT2D eigenvalue weighted by Crippen LogP contribution is -2.58. The highest BCUT2D eigenvalue weighted by atomic mass is 16.2. The molecule has 12 nitrogen and oxygen atoms in total. The van der Waals surface area contributed by atoms with Crippen molar-refractivity contribution < 1.29 is 14.4 Å². The number of aromatic nitrogens is 2. The number of urea groups is 1. The molecule has 2 saturated heterocycles. The molecule has 3 heterocycles. The van der Waals surface area contributed by atoms with E-state index in [1.165, 1.54) is 4.57 Å².